The lowest BCUT2D eigenvalue weighted by Gasteiger charge is -2.42. The molecule has 2 nitrogen and oxygen atoms in total. The van der Waals surface area contributed by atoms with Crippen LogP contribution in [0.5, 0.6) is 0 Å². The van der Waals surface area contributed by atoms with Crippen molar-refractivity contribution in [3.8, 4) is 0 Å². The molecular formula is C15H25BrN2S. The van der Waals surface area contributed by atoms with Gasteiger partial charge in [-0.15, -0.1) is 11.3 Å². The quantitative estimate of drug-likeness (QED) is 0.864. The molecule has 2 rings (SSSR count). The van der Waals surface area contributed by atoms with E-state index in [1.165, 1.54) is 28.7 Å². The summed E-state index contributed by atoms with van der Waals surface area (Å²) in [7, 11) is 0. The first-order valence-corrected chi connectivity index (χ1v) is 9.01. The van der Waals surface area contributed by atoms with Crippen molar-refractivity contribution < 1.29 is 0 Å². The Balaban J connectivity index is 2.06. The minimum atomic E-state index is 0.656. The van der Waals surface area contributed by atoms with E-state index in [9.17, 15) is 0 Å². The Bertz CT molecular complexity index is 393. The SMILES string of the molecule is CCC1CN(Cc2cc(Br)cs2)C(C(C)CC)CN1. The van der Waals surface area contributed by atoms with Gasteiger partial charge in [0.1, 0.15) is 0 Å². The van der Waals surface area contributed by atoms with Gasteiger partial charge in [0.2, 0.25) is 0 Å². The fourth-order valence-corrected chi connectivity index (χ4v) is 4.30. The highest BCUT2D eigenvalue weighted by molar-refractivity contribution is 9.10. The molecule has 108 valence electrons. The number of nitrogens with zero attached hydrogens (tertiary/aromatic N) is 1. The Kier molecular flexibility index (Phi) is 5.87. The first-order chi connectivity index (χ1) is 9.13. The molecule has 0 spiro atoms. The predicted octanol–water partition coefficient (Wildman–Crippen LogP) is 4.11. The van der Waals surface area contributed by atoms with Gasteiger partial charge in [-0.05, 0) is 34.3 Å². The molecular weight excluding hydrogens is 320 g/mol. The molecule has 1 fully saturated rings. The number of rotatable bonds is 5. The molecule has 0 aromatic carbocycles. The highest BCUT2D eigenvalue weighted by atomic mass is 79.9. The average Bonchev–Trinajstić information content (AvgIpc) is 2.83. The Hall–Kier alpha value is 0.1000. The van der Waals surface area contributed by atoms with Crippen molar-refractivity contribution in [3.63, 3.8) is 0 Å². The molecule has 0 aliphatic carbocycles. The van der Waals surface area contributed by atoms with Crippen LogP contribution in [0.15, 0.2) is 15.9 Å². The van der Waals surface area contributed by atoms with E-state index in [4.69, 9.17) is 0 Å². The maximum absolute atomic E-state index is 3.71. The number of piperazine rings is 1. The Morgan fingerprint density at radius 2 is 2.32 bits per heavy atom. The minimum absolute atomic E-state index is 0.656. The van der Waals surface area contributed by atoms with Crippen molar-refractivity contribution in [1.82, 2.24) is 10.2 Å². The molecule has 1 N–H and O–H groups in total. The standard InChI is InChI=1S/C15H25BrN2S/c1-4-11(3)15-7-17-13(5-2)8-18(15)9-14-6-12(16)10-19-14/h6,10-11,13,15,17H,4-5,7-9H2,1-3H3. The van der Waals surface area contributed by atoms with Crippen LogP contribution in [0.1, 0.15) is 38.5 Å². The minimum Gasteiger partial charge on any atom is -0.311 e. The van der Waals surface area contributed by atoms with Crippen molar-refractivity contribution in [3.05, 3.63) is 20.8 Å². The lowest BCUT2D eigenvalue weighted by atomic mass is 9.94. The molecule has 1 aliphatic heterocycles. The largest absolute Gasteiger partial charge is 0.311 e. The summed E-state index contributed by atoms with van der Waals surface area (Å²) >= 11 is 5.42. The maximum atomic E-state index is 3.71. The molecule has 1 aliphatic rings. The molecule has 0 saturated carbocycles. The van der Waals surface area contributed by atoms with E-state index in [1.54, 1.807) is 0 Å². The van der Waals surface area contributed by atoms with Gasteiger partial charge < -0.3 is 5.32 Å². The highest BCUT2D eigenvalue weighted by Crippen LogP contribution is 2.25. The van der Waals surface area contributed by atoms with E-state index in [2.05, 4.69) is 58.4 Å². The smallest absolute Gasteiger partial charge is 0.0332 e. The fourth-order valence-electron chi connectivity index (χ4n) is 2.82. The van der Waals surface area contributed by atoms with Gasteiger partial charge in [-0.3, -0.25) is 4.90 Å². The van der Waals surface area contributed by atoms with Gasteiger partial charge in [-0.2, -0.15) is 0 Å². The van der Waals surface area contributed by atoms with Gasteiger partial charge in [0, 0.05) is 46.4 Å². The van der Waals surface area contributed by atoms with Crippen LogP contribution in [0.25, 0.3) is 0 Å². The van der Waals surface area contributed by atoms with Crippen LogP contribution in [0, 0.1) is 5.92 Å². The van der Waals surface area contributed by atoms with Gasteiger partial charge in [-0.25, -0.2) is 0 Å². The Morgan fingerprint density at radius 1 is 1.53 bits per heavy atom. The normalized spacial score (nSPS) is 26.5. The van der Waals surface area contributed by atoms with Crippen molar-refractivity contribution in [2.75, 3.05) is 13.1 Å². The Labute approximate surface area is 129 Å². The van der Waals surface area contributed by atoms with E-state index in [0.717, 1.165) is 19.0 Å². The summed E-state index contributed by atoms with van der Waals surface area (Å²) in [5, 5.41) is 5.90. The molecule has 0 bridgehead atoms. The second-order valence-electron chi connectivity index (χ2n) is 5.63. The predicted molar refractivity (Wildman–Crippen MR) is 87.8 cm³/mol. The third kappa shape index (κ3) is 4.03. The van der Waals surface area contributed by atoms with Gasteiger partial charge in [0.05, 0.1) is 0 Å². The number of nitrogens with one attached hydrogen (secondary N) is 1. The first-order valence-electron chi connectivity index (χ1n) is 7.34. The van der Waals surface area contributed by atoms with Gasteiger partial charge in [0.15, 0.2) is 0 Å². The molecule has 3 unspecified atom stereocenters. The molecule has 0 amide bonds. The molecule has 2 heterocycles. The van der Waals surface area contributed by atoms with Crippen LogP contribution in [-0.2, 0) is 6.54 Å². The Morgan fingerprint density at radius 3 is 2.89 bits per heavy atom. The van der Waals surface area contributed by atoms with Crippen molar-refractivity contribution in [1.29, 1.82) is 0 Å². The molecule has 4 heteroatoms. The van der Waals surface area contributed by atoms with Gasteiger partial charge in [-0.1, -0.05) is 27.2 Å². The van der Waals surface area contributed by atoms with Crippen LogP contribution in [0.2, 0.25) is 0 Å². The van der Waals surface area contributed by atoms with E-state index in [0.29, 0.717) is 12.1 Å². The summed E-state index contributed by atoms with van der Waals surface area (Å²) in [6.07, 6.45) is 2.48. The first kappa shape index (κ1) is 15.5. The summed E-state index contributed by atoms with van der Waals surface area (Å²) in [4.78, 5) is 4.16. The summed E-state index contributed by atoms with van der Waals surface area (Å²) in [6, 6.07) is 3.60. The van der Waals surface area contributed by atoms with E-state index in [-0.39, 0.29) is 0 Å². The second-order valence-corrected chi connectivity index (χ2v) is 7.54. The molecule has 1 saturated heterocycles. The van der Waals surface area contributed by atoms with Gasteiger partial charge in [0.25, 0.3) is 0 Å². The molecule has 19 heavy (non-hydrogen) atoms. The molecule has 1 aromatic rings. The molecule has 1 aromatic heterocycles. The highest BCUT2D eigenvalue weighted by Gasteiger charge is 2.30. The summed E-state index contributed by atoms with van der Waals surface area (Å²) in [5.74, 6) is 0.758. The van der Waals surface area contributed by atoms with Gasteiger partial charge >= 0.3 is 0 Å². The summed E-state index contributed by atoms with van der Waals surface area (Å²) in [6.45, 7) is 10.4. The second kappa shape index (κ2) is 7.21. The maximum Gasteiger partial charge on any atom is 0.0332 e. The molecule has 0 radical (unpaired) electrons. The number of thiophene rings is 1. The van der Waals surface area contributed by atoms with E-state index < -0.39 is 0 Å². The topological polar surface area (TPSA) is 15.3 Å². The fraction of sp³-hybridized carbons (Fsp3) is 0.733. The van der Waals surface area contributed by atoms with Crippen molar-refractivity contribution >= 4 is 27.3 Å². The molecule has 3 atom stereocenters. The van der Waals surface area contributed by atoms with Crippen LogP contribution in [0.3, 0.4) is 0 Å². The number of hydrogen-bond donors (Lipinski definition) is 1. The number of hydrogen-bond acceptors (Lipinski definition) is 3. The van der Waals surface area contributed by atoms with Crippen LogP contribution >= 0.6 is 27.3 Å². The zero-order valence-corrected chi connectivity index (χ0v) is 14.6. The third-order valence-electron chi connectivity index (χ3n) is 4.31. The summed E-state index contributed by atoms with van der Waals surface area (Å²) in [5.41, 5.74) is 0. The van der Waals surface area contributed by atoms with Crippen LogP contribution in [0.4, 0.5) is 0 Å². The lowest BCUT2D eigenvalue weighted by molar-refractivity contribution is 0.0842. The van der Waals surface area contributed by atoms with Crippen LogP contribution in [-0.4, -0.2) is 30.1 Å². The summed E-state index contributed by atoms with van der Waals surface area (Å²) < 4.78 is 1.22. The average molecular weight is 345 g/mol. The van der Waals surface area contributed by atoms with Crippen LogP contribution < -0.4 is 5.32 Å². The van der Waals surface area contributed by atoms with E-state index in [1.807, 2.05) is 11.3 Å². The van der Waals surface area contributed by atoms with Crippen molar-refractivity contribution in [2.24, 2.45) is 5.92 Å². The monoisotopic (exact) mass is 344 g/mol. The lowest BCUT2D eigenvalue weighted by Crippen LogP contribution is -2.57. The zero-order valence-electron chi connectivity index (χ0n) is 12.2. The third-order valence-corrected chi connectivity index (χ3v) is 6.00. The number of halogens is 1. The zero-order chi connectivity index (χ0) is 13.8. The van der Waals surface area contributed by atoms with Crippen molar-refractivity contribution in [2.45, 2.75) is 52.2 Å². The van der Waals surface area contributed by atoms with E-state index >= 15 is 0 Å².